The minimum Gasteiger partial charge on any atom is -0.492 e. The second-order valence-electron chi connectivity index (χ2n) is 4.17. The van der Waals surface area contributed by atoms with Gasteiger partial charge in [0.2, 0.25) is 0 Å². The molecule has 1 unspecified atom stereocenters. The molecule has 0 saturated carbocycles. The largest absolute Gasteiger partial charge is 0.492 e. The SMILES string of the molecule is CCNC(COc1ccccc1)c1cncc(F)c1. The Morgan fingerprint density at radius 1 is 1.26 bits per heavy atom. The number of halogens is 1. The van der Waals surface area contributed by atoms with Gasteiger partial charge in [-0.2, -0.15) is 0 Å². The summed E-state index contributed by atoms with van der Waals surface area (Å²) in [6.07, 6.45) is 2.86. The van der Waals surface area contributed by atoms with Gasteiger partial charge >= 0.3 is 0 Å². The number of benzene rings is 1. The highest BCUT2D eigenvalue weighted by Crippen LogP contribution is 2.16. The molecule has 19 heavy (non-hydrogen) atoms. The molecule has 3 nitrogen and oxygen atoms in total. The number of hydrogen-bond acceptors (Lipinski definition) is 3. The Hall–Kier alpha value is -1.94. The smallest absolute Gasteiger partial charge is 0.141 e. The summed E-state index contributed by atoms with van der Waals surface area (Å²) < 4.78 is 18.9. The molecule has 0 fully saturated rings. The van der Waals surface area contributed by atoms with E-state index < -0.39 is 0 Å². The van der Waals surface area contributed by atoms with E-state index >= 15 is 0 Å². The minimum atomic E-state index is -0.333. The fraction of sp³-hybridized carbons (Fsp3) is 0.267. The molecular weight excluding hydrogens is 243 g/mol. The van der Waals surface area contributed by atoms with Crippen molar-refractivity contribution >= 4 is 0 Å². The van der Waals surface area contributed by atoms with E-state index in [0.29, 0.717) is 6.61 Å². The van der Waals surface area contributed by atoms with Crippen LogP contribution in [0.4, 0.5) is 4.39 Å². The van der Waals surface area contributed by atoms with Crippen LogP contribution in [-0.2, 0) is 0 Å². The van der Waals surface area contributed by atoms with E-state index in [-0.39, 0.29) is 11.9 Å². The van der Waals surface area contributed by atoms with Gasteiger partial charge in [-0.25, -0.2) is 4.39 Å². The van der Waals surface area contributed by atoms with E-state index in [9.17, 15) is 4.39 Å². The van der Waals surface area contributed by atoms with Crippen molar-refractivity contribution in [1.29, 1.82) is 0 Å². The standard InChI is InChI=1S/C15H17FN2O/c1-2-18-15(12-8-13(16)10-17-9-12)11-19-14-6-4-3-5-7-14/h3-10,15,18H,2,11H2,1H3. The predicted molar refractivity (Wildman–Crippen MR) is 72.5 cm³/mol. The third kappa shape index (κ3) is 4.03. The van der Waals surface area contributed by atoms with Gasteiger partial charge in [0.15, 0.2) is 0 Å². The zero-order chi connectivity index (χ0) is 13.5. The summed E-state index contributed by atoms with van der Waals surface area (Å²) in [7, 11) is 0. The van der Waals surface area contributed by atoms with Crippen molar-refractivity contribution in [2.24, 2.45) is 0 Å². The highest BCUT2D eigenvalue weighted by atomic mass is 19.1. The average molecular weight is 260 g/mol. The molecule has 1 N–H and O–H groups in total. The summed E-state index contributed by atoms with van der Waals surface area (Å²) in [6, 6.07) is 11.0. The van der Waals surface area contributed by atoms with Crippen molar-refractivity contribution in [2.45, 2.75) is 13.0 Å². The van der Waals surface area contributed by atoms with Gasteiger partial charge in [-0.1, -0.05) is 25.1 Å². The van der Waals surface area contributed by atoms with Gasteiger partial charge in [-0.15, -0.1) is 0 Å². The van der Waals surface area contributed by atoms with E-state index in [1.54, 1.807) is 6.20 Å². The quantitative estimate of drug-likeness (QED) is 0.867. The zero-order valence-electron chi connectivity index (χ0n) is 10.8. The molecule has 2 rings (SSSR count). The molecule has 0 aliphatic heterocycles. The molecule has 0 radical (unpaired) electrons. The minimum absolute atomic E-state index is 0.0755. The lowest BCUT2D eigenvalue weighted by Crippen LogP contribution is -2.26. The summed E-state index contributed by atoms with van der Waals surface area (Å²) in [6.45, 7) is 3.21. The highest BCUT2D eigenvalue weighted by Gasteiger charge is 2.12. The predicted octanol–water partition coefficient (Wildman–Crippen LogP) is 2.95. The van der Waals surface area contributed by atoms with E-state index in [2.05, 4.69) is 10.3 Å². The molecule has 1 heterocycles. The molecule has 0 aliphatic carbocycles. The van der Waals surface area contributed by atoms with Crippen molar-refractivity contribution in [2.75, 3.05) is 13.2 Å². The molecule has 1 aromatic carbocycles. The lowest BCUT2D eigenvalue weighted by molar-refractivity contribution is 0.267. The number of hydrogen-bond donors (Lipinski definition) is 1. The van der Waals surface area contributed by atoms with Crippen LogP contribution in [0.2, 0.25) is 0 Å². The molecule has 4 heteroatoms. The molecule has 0 amide bonds. The molecule has 2 aromatic rings. The Morgan fingerprint density at radius 3 is 2.74 bits per heavy atom. The number of likely N-dealkylation sites (N-methyl/N-ethyl adjacent to an activating group) is 1. The second kappa shape index (κ2) is 6.85. The fourth-order valence-corrected chi connectivity index (χ4v) is 1.83. The fourth-order valence-electron chi connectivity index (χ4n) is 1.83. The molecular formula is C15H17FN2O. The maximum atomic E-state index is 13.2. The summed E-state index contributed by atoms with van der Waals surface area (Å²) in [4.78, 5) is 3.87. The van der Waals surface area contributed by atoms with Gasteiger partial charge in [0.25, 0.3) is 0 Å². The molecule has 0 spiro atoms. The van der Waals surface area contributed by atoms with Crippen LogP contribution in [0.3, 0.4) is 0 Å². The maximum absolute atomic E-state index is 13.2. The van der Waals surface area contributed by atoms with Crippen molar-refractivity contribution in [3.05, 3.63) is 60.2 Å². The van der Waals surface area contributed by atoms with Gasteiger partial charge < -0.3 is 10.1 Å². The molecule has 0 aliphatic rings. The van der Waals surface area contributed by atoms with Gasteiger partial charge in [0.1, 0.15) is 18.2 Å². The Balaban J connectivity index is 2.04. The molecule has 0 saturated heterocycles. The Morgan fingerprint density at radius 2 is 2.05 bits per heavy atom. The number of aromatic nitrogens is 1. The second-order valence-corrected chi connectivity index (χ2v) is 4.17. The van der Waals surface area contributed by atoms with Crippen LogP contribution in [0, 0.1) is 5.82 Å². The first-order valence-electron chi connectivity index (χ1n) is 6.31. The summed E-state index contributed by atoms with van der Waals surface area (Å²) in [5, 5.41) is 3.26. The van der Waals surface area contributed by atoms with Gasteiger partial charge in [0, 0.05) is 6.20 Å². The first kappa shape index (κ1) is 13.5. The number of pyridine rings is 1. The van der Waals surface area contributed by atoms with Gasteiger partial charge in [-0.3, -0.25) is 4.98 Å². The monoisotopic (exact) mass is 260 g/mol. The van der Waals surface area contributed by atoms with E-state index in [0.717, 1.165) is 17.9 Å². The van der Waals surface area contributed by atoms with E-state index in [1.165, 1.54) is 12.3 Å². The van der Waals surface area contributed by atoms with Crippen molar-refractivity contribution < 1.29 is 9.13 Å². The molecule has 100 valence electrons. The van der Waals surface area contributed by atoms with Crippen LogP contribution in [-0.4, -0.2) is 18.1 Å². The average Bonchev–Trinajstić information content (AvgIpc) is 2.44. The summed E-state index contributed by atoms with van der Waals surface area (Å²) >= 11 is 0. The van der Waals surface area contributed by atoms with Crippen LogP contribution in [0.25, 0.3) is 0 Å². The van der Waals surface area contributed by atoms with Crippen LogP contribution in [0.5, 0.6) is 5.75 Å². The summed E-state index contributed by atoms with van der Waals surface area (Å²) in [5.74, 6) is 0.467. The van der Waals surface area contributed by atoms with Gasteiger partial charge in [-0.05, 0) is 30.3 Å². The van der Waals surface area contributed by atoms with Gasteiger partial charge in [0.05, 0.1) is 12.2 Å². The third-order valence-corrected chi connectivity index (χ3v) is 2.74. The summed E-state index contributed by atoms with van der Waals surface area (Å²) in [5.41, 5.74) is 0.790. The maximum Gasteiger partial charge on any atom is 0.141 e. The Bertz CT molecular complexity index is 505. The first-order chi connectivity index (χ1) is 9.29. The van der Waals surface area contributed by atoms with E-state index in [4.69, 9.17) is 4.74 Å². The lowest BCUT2D eigenvalue weighted by atomic mass is 10.1. The number of rotatable bonds is 6. The number of ether oxygens (including phenoxy) is 1. The molecule has 1 atom stereocenters. The Labute approximate surface area is 112 Å². The van der Waals surface area contributed by atoms with E-state index in [1.807, 2.05) is 37.3 Å². The number of nitrogens with one attached hydrogen (secondary N) is 1. The topological polar surface area (TPSA) is 34.1 Å². The third-order valence-electron chi connectivity index (χ3n) is 2.74. The zero-order valence-corrected chi connectivity index (χ0v) is 10.8. The van der Waals surface area contributed by atoms with Crippen LogP contribution in [0.1, 0.15) is 18.5 Å². The van der Waals surface area contributed by atoms with Crippen molar-refractivity contribution in [3.63, 3.8) is 0 Å². The number of para-hydroxylation sites is 1. The Kier molecular flexibility index (Phi) is 4.86. The lowest BCUT2D eigenvalue weighted by Gasteiger charge is -2.18. The van der Waals surface area contributed by atoms with Crippen LogP contribution in [0.15, 0.2) is 48.8 Å². The highest BCUT2D eigenvalue weighted by molar-refractivity contribution is 5.22. The molecule has 1 aromatic heterocycles. The molecule has 0 bridgehead atoms. The normalized spacial score (nSPS) is 12.1. The number of nitrogens with zero attached hydrogens (tertiary/aromatic N) is 1. The van der Waals surface area contributed by atoms with Crippen molar-refractivity contribution in [3.8, 4) is 5.75 Å². The first-order valence-corrected chi connectivity index (χ1v) is 6.31. The van der Waals surface area contributed by atoms with Crippen molar-refractivity contribution in [1.82, 2.24) is 10.3 Å². The van der Waals surface area contributed by atoms with Crippen LogP contribution < -0.4 is 10.1 Å². The van der Waals surface area contributed by atoms with Crippen LogP contribution >= 0.6 is 0 Å².